The minimum absolute atomic E-state index is 0.0733. The fourth-order valence-electron chi connectivity index (χ4n) is 3.09. The lowest BCUT2D eigenvalue weighted by molar-refractivity contribution is -0.385. The lowest BCUT2D eigenvalue weighted by atomic mass is 10.00. The normalized spacial score (nSPS) is 20.6. The van der Waals surface area contributed by atoms with Crippen LogP contribution in [0.1, 0.15) is 25.3 Å². The molecule has 2 heterocycles. The summed E-state index contributed by atoms with van der Waals surface area (Å²) in [7, 11) is 0. The first-order valence-electron chi connectivity index (χ1n) is 8.04. The highest BCUT2D eigenvalue weighted by atomic mass is 35.5. The van der Waals surface area contributed by atoms with Crippen LogP contribution in [0.4, 0.5) is 5.69 Å². The fraction of sp³-hybridized carbons (Fsp3) is 0.438. The highest BCUT2D eigenvalue weighted by Crippen LogP contribution is 2.38. The summed E-state index contributed by atoms with van der Waals surface area (Å²) in [5.41, 5.74) is 3.17. The van der Waals surface area contributed by atoms with Gasteiger partial charge in [-0.25, -0.2) is 4.79 Å². The zero-order chi connectivity index (χ0) is 18.0. The van der Waals surface area contributed by atoms with Gasteiger partial charge in [-0.2, -0.15) is 0 Å². The van der Waals surface area contributed by atoms with Gasteiger partial charge >= 0.3 is 5.97 Å². The van der Waals surface area contributed by atoms with E-state index in [4.69, 9.17) is 21.2 Å². The second-order valence-corrected chi connectivity index (χ2v) is 6.18. The van der Waals surface area contributed by atoms with Gasteiger partial charge < -0.3 is 4.74 Å². The number of nitrogens with one attached hydrogen (secondary N) is 1. The summed E-state index contributed by atoms with van der Waals surface area (Å²) in [6.07, 6.45) is 1.39. The van der Waals surface area contributed by atoms with Crippen molar-refractivity contribution in [3.8, 4) is 0 Å². The summed E-state index contributed by atoms with van der Waals surface area (Å²) < 4.78 is 5.06. The monoisotopic (exact) mass is 367 g/mol. The Bertz CT molecular complexity index is 730. The van der Waals surface area contributed by atoms with E-state index in [1.54, 1.807) is 6.92 Å². The number of nitro benzene ring substituents is 1. The molecule has 0 aromatic heterocycles. The molecule has 0 saturated carbocycles. The molecule has 1 aromatic carbocycles. The Morgan fingerprint density at radius 3 is 2.84 bits per heavy atom. The molecule has 0 aliphatic carbocycles. The summed E-state index contributed by atoms with van der Waals surface area (Å²) >= 11 is 6.06. The Morgan fingerprint density at radius 2 is 2.20 bits per heavy atom. The minimum atomic E-state index is -0.617. The molecular formula is C16H18ClN3O5. The molecule has 1 unspecified atom stereocenters. The van der Waals surface area contributed by atoms with Crippen LogP contribution in [0.5, 0.6) is 0 Å². The van der Waals surface area contributed by atoms with Crippen molar-refractivity contribution in [3.05, 3.63) is 44.6 Å². The van der Waals surface area contributed by atoms with Crippen LogP contribution < -0.4 is 5.48 Å². The molecule has 0 spiro atoms. The van der Waals surface area contributed by atoms with Crippen molar-refractivity contribution < 1.29 is 19.3 Å². The van der Waals surface area contributed by atoms with Crippen LogP contribution in [-0.4, -0.2) is 41.7 Å². The third kappa shape index (κ3) is 3.46. The van der Waals surface area contributed by atoms with Crippen molar-refractivity contribution in [2.75, 3.05) is 19.7 Å². The molecule has 8 nitrogen and oxygen atoms in total. The maximum atomic E-state index is 12.3. The SMILES string of the molecule is CCOC(=O)C1=C(c2cc(Cl)ccc2[N+](=O)[O-])C(N2CCCC2)ON1. The Hall–Kier alpha value is -2.16. The van der Waals surface area contributed by atoms with E-state index in [0.29, 0.717) is 10.6 Å². The molecule has 2 aliphatic rings. The summed E-state index contributed by atoms with van der Waals surface area (Å²) in [6, 6.07) is 4.25. The molecular weight excluding hydrogens is 350 g/mol. The molecule has 1 saturated heterocycles. The quantitative estimate of drug-likeness (QED) is 0.485. The fourth-order valence-corrected chi connectivity index (χ4v) is 3.26. The number of hydroxylamine groups is 1. The van der Waals surface area contributed by atoms with Crippen molar-refractivity contribution in [1.82, 2.24) is 10.4 Å². The second kappa shape index (κ2) is 7.38. The number of benzene rings is 1. The zero-order valence-electron chi connectivity index (χ0n) is 13.7. The van der Waals surface area contributed by atoms with E-state index in [9.17, 15) is 14.9 Å². The van der Waals surface area contributed by atoms with Crippen LogP contribution in [0, 0.1) is 10.1 Å². The number of nitro groups is 1. The van der Waals surface area contributed by atoms with Gasteiger partial charge in [-0.15, -0.1) is 0 Å². The van der Waals surface area contributed by atoms with Crippen molar-refractivity contribution in [1.29, 1.82) is 0 Å². The highest BCUT2D eigenvalue weighted by Gasteiger charge is 2.40. The smallest absolute Gasteiger partial charge is 0.357 e. The van der Waals surface area contributed by atoms with E-state index < -0.39 is 17.1 Å². The molecule has 1 atom stereocenters. The van der Waals surface area contributed by atoms with E-state index >= 15 is 0 Å². The lowest BCUT2D eigenvalue weighted by Gasteiger charge is -2.23. The van der Waals surface area contributed by atoms with Gasteiger partial charge in [0.15, 0.2) is 11.9 Å². The second-order valence-electron chi connectivity index (χ2n) is 5.74. The molecule has 2 aliphatic heterocycles. The number of hydrogen-bond acceptors (Lipinski definition) is 7. The number of carbonyl (C=O) groups is 1. The van der Waals surface area contributed by atoms with E-state index in [2.05, 4.69) is 5.48 Å². The minimum Gasteiger partial charge on any atom is -0.461 e. The van der Waals surface area contributed by atoms with Crippen molar-refractivity contribution >= 4 is 28.8 Å². The summed E-state index contributed by atoms with van der Waals surface area (Å²) in [5, 5.41) is 11.8. The van der Waals surface area contributed by atoms with Crippen LogP contribution in [-0.2, 0) is 14.4 Å². The number of hydrogen-bond donors (Lipinski definition) is 1. The number of esters is 1. The van der Waals surface area contributed by atoms with Gasteiger partial charge in [0.25, 0.3) is 5.69 Å². The molecule has 0 amide bonds. The molecule has 1 N–H and O–H groups in total. The largest absolute Gasteiger partial charge is 0.461 e. The third-order valence-corrected chi connectivity index (χ3v) is 4.42. The van der Waals surface area contributed by atoms with Crippen LogP contribution >= 0.6 is 11.6 Å². The zero-order valence-corrected chi connectivity index (χ0v) is 14.4. The van der Waals surface area contributed by atoms with E-state index in [0.717, 1.165) is 25.9 Å². The number of rotatable bonds is 5. The molecule has 0 bridgehead atoms. The standard InChI is InChI=1S/C16H18ClN3O5/c1-2-24-16(21)14-13(15(25-18-14)19-7-3-4-8-19)11-9-10(17)5-6-12(11)20(22)23/h5-6,9,15,18H,2-4,7-8H2,1H3. The van der Waals surface area contributed by atoms with Crippen molar-refractivity contribution in [2.45, 2.75) is 26.0 Å². The predicted molar refractivity (Wildman–Crippen MR) is 90.5 cm³/mol. The molecule has 25 heavy (non-hydrogen) atoms. The maximum absolute atomic E-state index is 12.3. The van der Waals surface area contributed by atoms with Gasteiger partial charge in [0, 0.05) is 29.8 Å². The topological polar surface area (TPSA) is 93.9 Å². The Kier molecular flexibility index (Phi) is 5.22. The van der Waals surface area contributed by atoms with Crippen molar-refractivity contribution in [2.24, 2.45) is 0 Å². The number of halogens is 1. The van der Waals surface area contributed by atoms with Crippen molar-refractivity contribution in [3.63, 3.8) is 0 Å². The van der Waals surface area contributed by atoms with E-state index in [-0.39, 0.29) is 23.6 Å². The van der Waals surface area contributed by atoms with E-state index in [1.807, 2.05) is 4.90 Å². The van der Waals surface area contributed by atoms with Gasteiger partial charge in [0.2, 0.25) is 0 Å². The van der Waals surface area contributed by atoms with Crippen LogP contribution in [0.15, 0.2) is 23.9 Å². The molecule has 3 rings (SSSR count). The van der Waals surface area contributed by atoms with E-state index in [1.165, 1.54) is 18.2 Å². The molecule has 0 radical (unpaired) electrons. The van der Waals surface area contributed by atoms with Crippen LogP contribution in [0.3, 0.4) is 0 Å². The molecule has 1 fully saturated rings. The Morgan fingerprint density at radius 1 is 1.48 bits per heavy atom. The summed E-state index contributed by atoms with van der Waals surface area (Å²) in [4.78, 5) is 30.9. The average Bonchev–Trinajstić information content (AvgIpc) is 3.23. The Labute approximate surface area is 149 Å². The third-order valence-electron chi connectivity index (χ3n) is 4.19. The van der Waals surface area contributed by atoms with Gasteiger partial charge in [0.1, 0.15) is 0 Å². The van der Waals surface area contributed by atoms with Crippen LogP contribution in [0.25, 0.3) is 5.57 Å². The molecule has 1 aromatic rings. The molecule has 9 heteroatoms. The first-order chi connectivity index (χ1) is 12.0. The van der Waals surface area contributed by atoms with Gasteiger partial charge in [-0.3, -0.25) is 25.3 Å². The number of likely N-dealkylation sites (tertiary alicyclic amines) is 1. The first kappa shape index (κ1) is 17.7. The molecule has 134 valence electrons. The average molecular weight is 368 g/mol. The van der Waals surface area contributed by atoms with Gasteiger partial charge in [0.05, 0.1) is 17.1 Å². The van der Waals surface area contributed by atoms with Gasteiger partial charge in [-0.05, 0) is 31.9 Å². The first-order valence-corrected chi connectivity index (χ1v) is 8.42. The summed E-state index contributed by atoms with van der Waals surface area (Å²) in [6.45, 7) is 3.43. The summed E-state index contributed by atoms with van der Waals surface area (Å²) in [5.74, 6) is -0.617. The number of ether oxygens (including phenoxy) is 1. The Balaban J connectivity index is 2.14. The number of carbonyl (C=O) groups excluding carboxylic acids is 1. The maximum Gasteiger partial charge on any atom is 0.357 e. The lowest BCUT2D eigenvalue weighted by Crippen LogP contribution is -2.35. The van der Waals surface area contributed by atoms with Crippen LogP contribution in [0.2, 0.25) is 5.02 Å². The highest BCUT2D eigenvalue weighted by molar-refractivity contribution is 6.30. The predicted octanol–water partition coefficient (Wildman–Crippen LogP) is 2.48. The van der Waals surface area contributed by atoms with Gasteiger partial charge in [-0.1, -0.05) is 11.6 Å². The number of nitrogens with zero attached hydrogens (tertiary/aromatic N) is 2.